The average molecular weight is 204 g/mol. The predicted octanol–water partition coefficient (Wildman–Crippen LogP) is 1.31. The molecule has 1 aromatic carbocycles. The van der Waals surface area contributed by atoms with Crippen molar-refractivity contribution in [2.24, 2.45) is 5.73 Å². The van der Waals surface area contributed by atoms with Gasteiger partial charge in [-0.05, 0) is 31.9 Å². The molecule has 1 aliphatic rings. The number of rotatable bonds is 1. The molecule has 1 aliphatic heterocycles. The Morgan fingerprint density at radius 3 is 2.87 bits per heavy atom. The number of hydrogen-bond donors (Lipinski definition) is 1. The van der Waals surface area contributed by atoms with Crippen LogP contribution in [0.25, 0.3) is 0 Å². The minimum Gasteiger partial charge on any atom is -0.320 e. The van der Waals surface area contributed by atoms with E-state index in [2.05, 4.69) is 13.0 Å². The van der Waals surface area contributed by atoms with Crippen LogP contribution < -0.4 is 10.6 Å². The topological polar surface area (TPSA) is 46.3 Å². The zero-order chi connectivity index (χ0) is 11.0. The Labute approximate surface area is 89.9 Å². The molecular weight excluding hydrogens is 188 g/mol. The molecule has 0 fully saturated rings. The quantitative estimate of drug-likeness (QED) is 0.749. The fraction of sp³-hybridized carbons (Fsp3) is 0.417. The van der Waals surface area contributed by atoms with Crippen molar-refractivity contribution in [2.45, 2.75) is 32.4 Å². The second-order valence-electron chi connectivity index (χ2n) is 4.18. The molecule has 15 heavy (non-hydrogen) atoms. The average Bonchev–Trinajstić information content (AvgIpc) is 2.52. The van der Waals surface area contributed by atoms with Crippen molar-refractivity contribution < 1.29 is 4.79 Å². The molecule has 0 spiro atoms. The molecule has 0 bridgehead atoms. The number of nitrogens with two attached hydrogens (primary N) is 1. The number of anilines is 1. The van der Waals surface area contributed by atoms with Gasteiger partial charge < -0.3 is 10.6 Å². The normalized spacial score (nSPS) is 21.3. The van der Waals surface area contributed by atoms with Crippen molar-refractivity contribution >= 4 is 11.6 Å². The number of hydrogen-bond acceptors (Lipinski definition) is 2. The van der Waals surface area contributed by atoms with E-state index >= 15 is 0 Å². The second kappa shape index (κ2) is 3.66. The third kappa shape index (κ3) is 1.63. The highest BCUT2D eigenvalue weighted by atomic mass is 16.2. The lowest BCUT2D eigenvalue weighted by molar-refractivity contribution is -0.119. The van der Waals surface area contributed by atoms with Crippen molar-refractivity contribution in [3.05, 3.63) is 29.8 Å². The van der Waals surface area contributed by atoms with Gasteiger partial charge in [-0.1, -0.05) is 18.2 Å². The van der Waals surface area contributed by atoms with Crippen molar-refractivity contribution in [3.8, 4) is 0 Å². The smallest absolute Gasteiger partial charge is 0.243 e. The van der Waals surface area contributed by atoms with Gasteiger partial charge in [0.05, 0.1) is 6.04 Å². The first-order chi connectivity index (χ1) is 7.11. The van der Waals surface area contributed by atoms with Crippen LogP contribution in [0.3, 0.4) is 0 Å². The van der Waals surface area contributed by atoms with Crippen LogP contribution in [0.5, 0.6) is 0 Å². The Morgan fingerprint density at radius 1 is 1.53 bits per heavy atom. The van der Waals surface area contributed by atoms with E-state index in [4.69, 9.17) is 5.73 Å². The van der Waals surface area contributed by atoms with Gasteiger partial charge in [-0.2, -0.15) is 0 Å². The summed E-state index contributed by atoms with van der Waals surface area (Å²) >= 11 is 0. The molecule has 0 saturated carbocycles. The van der Waals surface area contributed by atoms with Crippen LogP contribution in [0, 0.1) is 0 Å². The first-order valence-electron chi connectivity index (χ1n) is 5.28. The highest BCUT2D eigenvalue weighted by molar-refractivity contribution is 5.99. The van der Waals surface area contributed by atoms with Gasteiger partial charge in [-0.3, -0.25) is 4.79 Å². The summed E-state index contributed by atoms with van der Waals surface area (Å²) in [5.41, 5.74) is 7.90. The lowest BCUT2D eigenvalue weighted by atomic mass is 10.1. The molecule has 3 nitrogen and oxygen atoms in total. The minimum atomic E-state index is -0.432. The minimum absolute atomic E-state index is 0.00690. The summed E-state index contributed by atoms with van der Waals surface area (Å²) < 4.78 is 0. The highest BCUT2D eigenvalue weighted by Gasteiger charge is 2.31. The molecule has 0 aliphatic carbocycles. The van der Waals surface area contributed by atoms with Gasteiger partial charge in [-0.25, -0.2) is 0 Å². The van der Waals surface area contributed by atoms with Crippen LogP contribution in [0.2, 0.25) is 0 Å². The summed E-state index contributed by atoms with van der Waals surface area (Å²) in [7, 11) is 0. The molecule has 80 valence electrons. The largest absolute Gasteiger partial charge is 0.320 e. The Kier molecular flexibility index (Phi) is 2.49. The second-order valence-corrected chi connectivity index (χ2v) is 4.18. The number of para-hydroxylation sites is 1. The van der Waals surface area contributed by atoms with E-state index in [0.29, 0.717) is 0 Å². The van der Waals surface area contributed by atoms with E-state index in [0.717, 1.165) is 12.1 Å². The number of nitrogens with zero attached hydrogens (tertiary/aromatic N) is 1. The van der Waals surface area contributed by atoms with Gasteiger partial charge in [0.1, 0.15) is 0 Å². The van der Waals surface area contributed by atoms with E-state index in [1.165, 1.54) is 5.56 Å². The predicted molar refractivity (Wildman–Crippen MR) is 60.7 cm³/mol. The lowest BCUT2D eigenvalue weighted by Gasteiger charge is -2.24. The third-order valence-corrected chi connectivity index (χ3v) is 2.83. The maximum absolute atomic E-state index is 11.9. The molecule has 1 heterocycles. The van der Waals surface area contributed by atoms with Gasteiger partial charge in [0.15, 0.2) is 0 Å². The molecule has 3 heteroatoms. The van der Waals surface area contributed by atoms with Gasteiger partial charge in [-0.15, -0.1) is 0 Å². The monoisotopic (exact) mass is 204 g/mol. The molecule has 1 aromatic rings. The highest BCUT2D eigenvalue weighted by Crippen LogP contribution is 2.31. The number of fused-ring (bicyclic) bond motifs is 1. The maximum Gasteiger partial charge on any atom is 0.243 e. The Balaban J connectivity index is 2.38. The van der Waals surface area contributed by atoms with Crippen molar-refractivity contribution in [1.82, 2.24) is 0 Å². The van der Waals surface area contributed by atoms with Crippen molar-refractivity contribution in [1.29, 1.82) is 0 Å². The standard InChI is InChI=1S/C12H16N2O/c1-8-7-10-5-3-4-6-11(10)14(8)12(15)9(2)13/h3-6,8-9H,7,13H2,1-2H3/t8-,9+/m1/s1. The van der Waals surface area contributed by atoms with Crippen LogP contribution in [0.1, 0.15) is 19.4 Å². The Bertz CT molecular complexity index is 387. The molecule has 2 atom stereocenters. The van der Waals surface area contributed by atoms with E-state index in [1.807, 2.05) is 23.1 Å². The molecular formula is C12H16N2O. The summed E-state index contributed by atoms with van der Waals surface area (Å²) in [5, 5.41) is 0. The molecule has 2 rings (SSSR count). The van der Waals surface area contributed by atoms with Gasteiger partial charge in [0, 0.05) is 11.7 Å². The summed E-state index contributed by atoms with van der Waals surface area (Å²) in [6.45, 7) is 3.79. The van der Waals surface area contributed by atoms with E-state index in [-0.39, 0.29) is 11.9 Å². The maximum atomic E-state index is 11.9. The lowest BCUT2D eigenvalue weighted by Crippen LogP contribution is -2.45. The molecule has 1 amide bonds. The first kappa shape index (κ1) is 10.2. The third-order valence-electron chi connectivity index (χ3n) is 2.83. The first-order valence-corrected chi connectivity index (χ1v) is 5.28. The van der Waals surface area contributed by atoms with E-state index in [1.54, 1.807) is 6.92 Å². The molecule has 0 radical (unpaired) electrons. The molecule has 0 saturated heterocycles. The van der Waals surface area contributed by atoms with Crippen LogP contribution >= 0.6 is 0 Å². The zero-order valence-corrected chi connectivity index (χ0v) is 9.10. The van der Waals surface area contributed by atoms with E-state index < -0.39 is 6.04 Å². The Morgan fingerprint density at radius 2 is 2.20 bits per heavy atom. The number of benzene rings is 1. The van der Waals surface area contributed by atoms with Crippen LogP contribution in [0.4, 0.5) is 5.69 Å². The van der Waals surface area contributed by atoms with Crippen LogP contribution in [-0.4, -0.2) is 18.0 Å². The number of amides is 1. The van der Waals surface area contributed by atoms with Crippen molar-refractivity contribution in [3.63, 3.8) is 0 Å². The number of carbonyl (C=O) groups excluding carboxylic acids is 1. The molecule has 0 aromatic heterocycles. The summed E-state index contributed by atoms with van der Waals surface area (Å²) in [5.74, 6) is 0.00690. The fourth-order valence-corrected chi connectivity index (χ4v) is 2.12. The van der Waals surface area contributed by atoms with Gasteiger partial charge >= 0.3 is 0 Å². The SMILES string of the molecule is C[C@H](N)C(=O)N1c2ccccc2C[C@H]1C. The number of carbonyl (C=O) groups is 1. The van der Waals surface area contributed by atoms with Gasteiger partial charge in [0.2, 0.25) is 5.91 Å². The van der Waals surface area contributed by atoms with Crippen LogP contribution in [-0.2, 0) is 11.2 Å². The van der Waals surface area contributed by atoms with E-state index in [9.17, 15) is 4.79 Å². The zero-order valence-electron chi connectivity index (χ0n) is 9.10. The summed E-state index contributed by atoms with van der Waals surface area (Å²) in [6, 6.07) is 7.81. The van der Waals surface area contributed by atoms with Crippen LogP contribution in [0.15, 0.2) is 24.3 Å². The Hall–Kier alpha value is -1.35. The fourth-order valence-electron chi connectivity index (χ4n) is 2.12. The summed E-state index contributed by atoms with van der Waals surface area (Å²) in [6.07, 6.45) is 0.925. The molecule has 2 N–H and O–H groups in total. The summed E-state index contributed by atoms with van der Waals surface area (Å²) in [4.78, 5) is 13.7. The van der Waals surface area contributed by atoms with Gasteiger partial charge in [0.25, 0.3) is 0 Å². The molecule has 0 unspecified atom stereocenters. The van der Waals surface area contributed by atoms with Crippen molar-refractivity contribution in [2.75, 3.05) is 4.90 Å².